The third-order valence-electron chi connectivity index (χ3n) is 3.63. The van der Waals surface area contributed by atoms with Gasteiger partial charge in [0.2, 0.25) is 0 Å². The minimum absolute atomic E-state index is 0.0204. The number of benzene rings is 1. The summed E-state index contributed by atoms with van der Waals surface area (Å²) >= 11 is 1.59. The molecule has 0 spiro atoms. The summed E-state index contributed by atoms with van der Waals surface area (Å²) in [7, 11) is 0. The Kier molecular flexibility index (Phi) is 3.07. The summed E-state index contributed by atoms with van der Waals surface area (Å²) in [4.78, 5) is 17.4. The van der Waals surface area contributed by atoms with Crippen LogP contribution >= 0.6 is 11.3 Å². The second-order valence-corrected chi connectivity index (χ2v) is 5.91. The molecule has 0 aliphatic heterocycles. The van der Waals surface area contributed by atoms with Crippen LogP contribution in [0.1, 0.15) is 5.56 Å². The molecular weight excluding hydrogens is 308 g/mol. The molecule has 1 aromatic carbocycles. The number of thiophene rings is 1. The highest BCUT2D eigenvalue weighted by Gasteiger charge is 2.13. The second kappa shape index (κ2) is 5.23. The minimum Gasteiger partial charge on any atom is -0.296 e. The quantitative estimate of drug-likeness (QED) is 0.616. The highest BCUT2D eigenvalue weighted by Crippen LogP contribution is 2.33. The van der Waals surface area contributed by atoms with Gasteiger partial charge in [-0.25, -0.2) is 4.98 Å². The standard InChI is InChI=1S/C17H10N4OS/c18-7-13-8-19-16-14(9-20-21(16)17(13)22)15-6-12(10-23-15)11-4-2-1-3-5-11/h1-6,8-10,20H. The van der Waals surface area contributed by atoms with Crippen molar-refractivity contribution in [2.24, 2.45) is 0 Å². The predicted octanol–water partition coefficient (Wildman–Crippen LogP) is 3.29. The molecule has 0 bridgehead atoms. The van der Waals surface area contributed by atoms with Gasteiger partial charge in [0.15, 0.2) is 5.65 Å². The fraction of sp³-hybridized carbons (Fsp3) is 0. The normalized spacial score (nSPS) is 10.7. The van der Waals surface area contributed by atoms with Crippen molar-refractivity contribution in [1.82, 2.24) is 14.6 Å². The molecule has 23 heavy (non-hydrogen) atoms. The highest BCUT2D eigenvalue weighted by molar-refractivity contribution is 7.14. The largest absolute Gasteiger partial charge is 0.296 e. The molecule has 0 aliphatic rings. The van der Waals surface area contributed by atoms with Crippen LogP contribution < -0.4 is 5.56 Å². The smallest absolute Gasteiger partial charge is 0.290 e. The van der Waals surface area contributed by atoms with Crippen LogP contribution in [0, 0.1) is 11.3 Å². The zero-order chi connectivity index (χ0) is 15.8. The molecule has 3 aromatic heterocycles. The van der Waals surface area contributed by atoms with E-state index in [0.29, 0.717) is 5.65 Å². The van der Waals surface area contributed by atoms with Gasteiger partial charge in [-0.15, -0.1) is 11.3 Å². The van der Waals surface area contributed by atoms with E-state index in [2.05, 4.69) is 33.7 Å². The summed E-state index contributed by atoms with van der Waals surface area (Å²) in [5.41, 5.74) is 3.28. The van der Waals surface area contributed by atoms with Gasteiger partial charge in [-0.05, 0) is 22.6 Å². The van der Waals surface area contributed by atoms with Crippen molar-refractivity contribution in [3.8, 4) is 27.6 Å². The lowest BCUT2D eigenvalue weighted by molar-refractivity contribution is 0.893. The average molecular weight is 318 g/mol. The lowest BCUT2D eigenvalue weighted by atomic mass is 10.1. The zero-order valence-corrected chi connectivity index (χ0v) is 12.7. The number of nitrogens with one attached hydrogen (secondary N) is 1. The maximum absolute atomic E-state index is 12.1. The first kappa shape index (κ1) is 13.5. The molecule has 0 saturated heterocycles. The van der Waals surface area contributed by atoms with E-state index in [0.717, 1.165) is 21.6 Å². The van der Waals surface area contributed by atoms with E-state index in [1.54, 1.807) is 17.5 Å². The predicted molar refractivity (Wildman–Crippen MR) is 89.3 cm³/mol. The first-order chi connectivity index (χ1) is 11.3. The molecule has 0 radical (unpaired) electrons. The Balaban J connectivity index is 1.85. The summed E-state index contributed by atoms with van der Waals surface area (Å²) < 4.78 is 1.30. The van der Waals surface area contributed by atoms with Crippen LogP contribution in [-0.4, -0.2) is 14.6 Å². The fourth-order valence-corrected chi connectivity index (χ4v) is 3.41. The van der Waals surface area contributed by atoms with Crippen molar-refractivity contribution in [2.75, 3.05) is 0 Å². The molecule has 4 rings (SSSR count). The van der Waals surface area contributed by atoms with Crippen molar-refractivity contribution in [1.29, 1.82) is 5.26 Å². The number of nitriles is 1. The van der Waals surface area contributed by atoms with Crippen LogP contribution in [0.4, 0.5) is 0 Å². The summed E-state index contributed by atoms with van der Waals surface area (Å²) in [6, 6.07) is 14.0. The van der Waals surface area contributed by atoms with Gasteiger partial charge in [-0.1, -0.05) is 30.3 Å². The van der Waals surface area contributed by atoms with Gasteiger partial charge in [0.05, 0.1) is 11.8 Å². The van der Waals surface area contributed by atoms with E-state index in [1.165, 1.54) is 10.7 Å². The van der Waals surface area contributed by atoms with Crippen molar-refractivity contribution in [3.05, 3.63) is 70.1 Å². The van der Waals surface area contributed by atoms with Gasteiger partial charge in [0, 0.05) is 11.1 Å². The van der Waals surface area contributed by atoms with Crippen molar-refractivity contribution in [2.45, 2.75) is 0 Å². The minimum atomic E-state index is -0.386. The van der Waals surface area contributed by atoms with Crippen LogP contribution in [0.2, 0.25) is 0 Å². The molecule has 6 heteroatoms. The van der Waals surface area contributed by atoms with E-state index in [1.807, 2.05) is 24.3 Å². The Morgan fingerprint density at radius 2 is 2.04 bits per heavy atom. The molecule has 4 aromatic rings. The van der Waals surface area contributed by atoms with Gasteiger partial charge in [-0.2, -0.15) is 9.78 Å². The van der Waals surface area contributed by atoms with Crippen molar-refractivity contribution >= 4 is 17.0 Å². The molecule has 3 heterocycles. The van der Waals surface area contributed by atoms with Crippen LogP contribution in [0.5, 0.6) is 0 Å². The summed E-state index contributed by atoms with van der Waals surface area (Å²) in [5.74, 6) is 0. The number of hydrogen-bond acceptors (Lipinski definition) is 4. The number of aromatic nitrogens is 3. The van der Waals surface area contributed by atoms with E-state index in [9.17, 15) is 4.79 Å². The number of H-pyrrole nitrogens is 1. The van der Waals surface area contributed by atoms with E-state index < -0.39 is 0 Å². The Morgan fingerprint density at radius 1 is 1.22 bits per heavy atom. The van der Waals surface area contributed by atoms with Crippen LogP contribution in [0.3, 0.4) is 0 Å². The molecule has 0 atom stereocenters. The van der Waals surface area contributed by atoms with Gasteiger partial charge < -0.3 is 0 Å². The molecule has 0 amide bonds. The van der Waals surface area contributed by atoms with Crippen LogP contribution in [0.15, 0.2) is 59.0 Å². The monoisotopic (exact) mass is 318 g/mol. The molecule has 0 aliphatic carbocycles. The molecule has 1 N–H and O–H groups in total. The van der Waals surface area contributed by atoms with E-state index in [4.69, 9.17) is 5.26 Å². The van der Waals surface area contributed by atoms with Gasteiger partial charge in [-0.3, -0.25) is 9.89 Å². The van der Waals surface area contributed by atoms with Crippen molar-refractivity contribution in [3.63, 3.8) is 0 Å². The SMILES string of the molecule is N#Cc1cnc2c(-c3cc(-c4ccccc4)cs3)c[nH]n2c1=O. The Bertz CT molecular complexity index is 1100. The Hall–Kier alpha value is -3.17. The number of hydrogen-bond donors (Lipinski definition) is 1. The zero-order valence-electron chi connectivity index (χ0n) is 11.9. The number of aromatic amines is 1. The lowest BCUT2D eigenvalue weighted by Crippen LogP contribution is -2.17. The summed E-state index contributed by atoms with van der Waals surface area (Å²) in [6.07, 6.45) is 3.06. The Morgan fingerprint density at radius 3 is 2.83 bits per heavy atom. The van der Waals surface area contributed by atoms with Crippen LogP contribution in [0.25, 0.3) is 27.2 Å². The maximum atomic E-state index is 12.1. The van der Waals surface area contributed by atoms with E-state index in [-0.39, 0.29) is 11.1 Å². The van der Waals surface area contributed by atoms with Gasteiger partial charge in [0.25, 0.3) is 5.56 Å². The first-order valence-corrected chi connectivity index (χ1v) is 7.79. The molecular formula is C17H10N4OS. The van der Waals surface area contributed by atoms with Gasteiger partial charge >= 0.3 is 0 Å². The first-order valence-electron chi connectivity index (χ1n) is 6.91. The number of rotatable bonds is 2. The Labute approximate surface area is 135 Å². The highest BCUT2D eigenvalue weighted by atomic mass is 32.1. The molecule has 0 unspecified atom stereocenters. The summed E-state index contributed by atoms with van der Waals surface area (Å²) in [5, 5.41) is 13.9. The molecule has 0 saturated carbocycles. The molecule has 5 nitrogen and oxygen atoms in total. The molecule has 110 valence electrons. The average Bonchev–Trinajstić information content (AvgIpc) is 3.23. The second-order valence-electron chi connectivity index (χ2n) is 5.00. The third-order valence-corrected chi connectivity index (χ3v) is 4.60. The lowest BCUT2D eigenvalue weighted by Gasteiger charge is -1.96. The van der Waals surface area contributed by atoms with Crippen molar-refractivity contribution < 1.29 is 0 Å². The number of nitrogens with zero attached hydrogens (tertiary/aromatic N) is 3. The van der Waals surface area contributed by atoms with Crippen LogP contribution in [-0.2, 0) is 0 Å². The maximum Gasteiger partial charge on any atom is 0.290 e. The molecule has 0 fully saturated rings. The van der Waals surface area contributed by atoms with E-state index >= 15 is 0 Å². The number of fused-ring (bicyclic) bond motifs is 1. The fourth-order valence-electron chi connectivity index (χ4n) is 2.48. The topological polar surface area (TPSA) is 73.9 Å². The summed E-state index contributed by atoms with van der Waals surface area (Å²) in [6.45, 7) is 0. The van der Waals surface area contributed by atoms with Gasteiger partial charge in [0.1, 0.15) is 11.6 Å². The third kappa shape index (κ3) is 2.15.